The number of halogens is 8. The summed E-state index contributed by atoms with van der Waals surface area (Å²) < 4.78 is 88.5. The van der Waals surface area contributed by atoms with Gasteiger partial charge in [-0.3, -0.25) is 0 Å². The van der Waals surface area contributed by atoms with E-state index in [-0.39, 0.29) is 12.1 Å². The molecular formula is C8H2ClF7O. The molecular weight excluding hydrogens is 281 g/mol. The second-order valence-corrected chi connectivity index (χ2v) is 3.20. The molecule has 0 fully saturated rings. The van der Waals surface area contributed by atoms with Crippen LogP contribution in [0.15, 0.2) is 12.1 Å². The van der Waals surface area contributed by atoms with Gasteiger partial charge in [-0.2, -0.15) is 22.0 Å². The highest BCUT2D eigenvalue weighted by Crippen LogP contribution is 2.38. The third-order valence-corrected chi connectivity index (χ3v) is 1.89. The fraction of sp³-hybridized carbons (Fsp3) is 0.250. The quantitative estimate of drug-likeness (QED) is 0.585. The summed E-state index contributed by atoms with van der Waals surface area (Å²) in [5.41, 5.74) is 0. The van der Waals surface area contributed by atoms with Crippen LogP contribution < -0.4 is 4.74 Å². The van der Waals surface area contributed by atoms with Crippen LogP contribution in [0.25, 0.3) is 0 Å². The van der Waals surface area contributed by atoms with E-state index in [0.29, 0.717) is 0 Å². The van der Waals surface area contributed by atoms with Crippen LogP contribution in [-0.4, -0.2) is 12.3 Å². The first kappa shape index (κ1) is 13.9. The minimum atomic E-state index is -6.00. The summed E-state index contributed by atoms with van der Waals surface area (Å²) in [6.07, 6.45) is -11.6. The molecule has 0 N–H and O–H groups in total. The van der Waals surface area contributed by atoms with Crippen molar-refractivity contribution in [2.24, 2.45) is 0 Å². The van der Waals surface area contributed by atoms with Crippen molar-refractivity contribution in [1.29, 1.82) is 0 Å². The van der Waals surface area contributed by atoms with Crippen LogP contribution in [0.2, 0.25) is 5.02 Å². The standard InChI is InChI=1S/C8H2ClF7O/c9-6-4(10)1-3(2-5(6)11)17-8(15,16)7(12,13)14/h1-2H. The predicted octanol–water partition coefficient (Wildman–Crippen LogP) is 4.15. The Balaban J connectivity index is 3.05. The van der Waals surface area contributed by atoms with Crippen molar-refractivity contribution in [2.75, 3.05) is 0 Å². The molecule has 0 saturated carbocycles. The first-order chi connectivity index (χ1) is 7.54. The number of rotatable bonds is 2. The summed E-state index contributed by atoms with van der Waals surface area (Å²) in [7, 11) is 0. The number of alkyl halides is 5. The van der Waals surface area contributed by atoms with Gasteiger partial charge in [0, 0.05) is 12.1 Å². The third kappa shape index (κ3) is 2.93. The van der Waals surface area contributed by atoms with E-state index >= 15 is 0 Å². The van der Waals surface area contributed by atoms with Gasteiger partial charge in [0.25, 0.3) is 0 Å². The Labute approximate surface area is 94.7 Å². The highest BCUT2D eigenvalue weighted by molar-refractivity contribution is 6.30. The van der Waals surface area contributed by atoms with Crippen molar-refractivity contribution in [3.8, 4) is 5.75 Å². The van der Waals surface area contributed by atoms with Crippen molar-refractivity contribution in [2.45, 2.75) is 12.3 Å². The van der Waals surface area contributed by atoms with Crippen molar-refractivity contribution >= 4 is 11.6 Å². The minimum absolute atomic E-state index is 0.116. The molecule has 0 spiro atoms. The van der Waals surface area contributed by atoms with E-state index in [1.54, 1.807) is 0 Å². The molecule has 1 aromatic rings. The third-order valence-electron chi connectivity index (χ3n) is 1.53. The molecule has 96 valence electrons. The van der Waals surface area contributed by atoms with Crippen molar-refractivity contribution < 1.29 is 35.5 Å². The second kappa shape index (κ2) is 4.25. The molecule has 0 bridgehead atoms. The number of ether oxygens (including phenoxy) is 1. The molecule has 0 aliphatic carbocycles. The number of benzene rings is 1. The lowest BCUT2D eigenvalue weighted by atomic mass is 10.3. The van der Waals surface area contributed by atoms with Gasteiger partial charge in [-0.15, -0.1) is 0 Å². The molecule has 0 saturated heterocycles. The Morgan fingerprint density at radius 2 is 1.35 bits per heavy atom. The van der Waals surface area contributed by atoms with Gasteiger partial charge in [0.2, 0.25) is 0 Å². The molecule has 0 amide bonds. The molecule has 17 heavy (non-hydrogen) atoms. The average Bonchev–Trinajstić information content (AvgIpc) is 2.11. The van der Waals surface area contributed by atoms with E-state index in [1.165, 1.54) is 0 Å². The van der Waals surface area contributed by atoms with Crippen LogP contribution in [-0.2, 0) is 0 Å². The number of hydrogen-bond donors (Lipinski definition) is 0. The van der Waals surface area contributed by atoms with E-state index < -0.39 is 34.7 Å². The molecule has 0 radical (unpaired) electrons. The smallest absolute Gasteiger partial charge is 0.426 e. The monoisotopic (exact) mass is 282 g/mol. The minimum Gasteiger partial charge on any atom is -0.426 e. The van der Waals surface area contributed by atoms with Crippen LogP contribution in [0.3, 0.4) is 0 Å². The van der Waals surface area contributed by atoms with Crippen molar-refractivity contribution in [3.05, 3.63) is 28.8 Å². The van der Waals surface area contributed by atoms with Gasteiger partial charge in [0.15, 0.2) is 0 Å². The van der Waals surface area contributed by atoms with Crippen molar-refractivity contribution in [3.63, 3.8) is 0 Å². The lowest BCUT2D eigenvalue weighted by molar-refractivity contribution is -0.360. The Morgan fingerprint density at radius 3 is 1.71 bits per heavy atom. The van der Waals surface area contributed by atoms with Crippen LogP contribution in [0, 0.1) is 11.6 Å². The molecule has 1 nitrogen and oxygen atoms in total. The highest BCUT2D eigenvalue weighted by Gasteiger charge is 2.61. The Hall–Kier alpha value is -1.18. The van der Waals surface area contributed by atoms with E-state index in [0.717, 1.165) is 0 Å². The highest BCUT2D eigenvalue weighted by atomic mass is 35.5. The molecule has 9 heteroatoms. The first-order valence-electron chi connectivity index (χ1n) is 3.82. The van der Waals surface area contributed by atoms with Gasteiger partial charge in [-0.05, 0) is 0 Å². The maximum atomic E-state index is 12.7. The van der Waals surface area contributed by atoms with Crippen LogP contribution in [0.5, 0.6) is 5.75 Å². The van der Waals surface area contributed by atoms with E-state index in [9.17, 15) is 30.7 Å². The van der Waals surface area contributed by atoms with Gasteiger partial charge >= 0.3 is 12.3 Å². The largest absolute Gasteiger partial charge is 0.499 e. The Bertz CT molecular complexity index is 405. The van der Waals surface area contributed by atoms with E-state index in [4.69, 9.17) is 11.6 Å². The molecule has 0 aromatic heterocycles. The van der Waals surface area contributed by atoms with Crippen LogP contribution >= 0.6 is 11.6 Å². The zero-order valence-electron chi connectivity index (χ0n) is 7.59. The molecule has 1 rings (SSSR count). The Morgan fingerprint density at radius 1 is 0.941 bits per heavy atom. The van der Waals surface area contributed by atoms with Gasteiger partial charge in [0.05, 0.1) is 0 Å². The zero-order valence-corrected chi connectivity index (χ0v) is 8.34. The van der Waals surface area contributed by atoms with Gasteiger partial charge in [0.1, 0.15) is 22.4 Å². The molecule has 0 unspecified atom stereocenters. The average molecular weight is 283 g/mol. The summed E-state index contributed by atoms with van der Waals surface area (Å²) in [5, 5.41) is -1.03. The lowest BCUT2D eigenvalue weighted by Gasteiger charge is -2.20. The summed E-state index contributed by atoms with van der Waals surface area (Å²) in [6, 6.07) is 0.232. The molecule has 0 heterocycles. The van der Waals surface area contributed by atoms with Gasteiger partial charge in [-0.1, -0.05) is 11.6 Å². The van der Waals surface area contributed by atoms with Gasteiger partial charge < -0.3 is 4.74 Å². The maximum Gasteiger partial charge on any atom is 0.499 e. The second-order valence-electron chi connectivity index (χ2n) is 2.82. The molecule has 0 aliphatic heterocycles. The molecule has 0 atom stereocenters. The maximum absolute atomic E-state index is 12.7. The number of hydrogen-bond acceptors (Lipinski definition) is 1. The lowest BCUT2D eigenvalue weighted by Crippen LogP contribution is -2.41. The predicted molar refractivity (Wildman–Crippen MR) is 43.0 cm³/mol. The Kier molecular flexibility index (Phi) is 3.47. The van der Waals surface area contributed by atoms with Crippen LogP contribution in [0.1, 0.15) is 0 Å². The van der Waals surface area contributed by atoms with E-state index in [2.05, 4.69) is 4.74 Å². The first-order valence-corrected chi connectivity index (χ1v) is 4.20. The summed E-state index contributed by atoms with van der Waals surface area (Å²) in [4.78, 5) is 0. The molecule has 1 aromatic carbocycles. The fourth-order valence-corrected chi connectivity index (χ4v) is 0.906. The van der Waals surface area contributed by atoms with E-state index in [1.807, 2.05) is 0 Å². The summed E-state index contributed by atoms with van der Waals surface area (Å²) >= 11 is 5.00. The summed E-state index contributed by atoms with van der Waals surface area (Å²) in [5.74, 6) is -4.36. The SMILES string of the molecule is Fc1cc(OC(F)(F)C(F)(F)F)cc(F)c1Cl. The van der Waals surface area contributed by atoms with Crippen LogP contribution in [0.4, 0.5) is 30.7 Å². The van der Waals surface area contributed by atoms with Crippen molar-refractivity contribution in [1.82, 2.24) is 0 Å². The van der Waals surface area contributed by atoms with Gasteiger partial charge in [-0.25, -0.2) is 8.78 Å². The molecule has 0 aliphatic rings. The normalized spacial score (nSPS) is 12.7. The zero-order chi connectivity index (χ0) is 13.4. The summed E-state index contributed by atoms with van der Waals surface area (Å²) in [6.45, 7) is 0. The topological polar surface area (TPSA) is 9.23 Å². The fourth-order valence-electron chi connectivity index (χ4n) is 0.797.